The molecular formula is C16H26O5. The van der Waals surface area contributed by atoms with Gasteiger partial charge in [-0.3, -0.25) is 9.59 Å². The minimum absolute atomic E-state index is 0.105. The first kappa shape index (κ1) is 16.3. The van der Waals surface area contributed by atoms with Gasteiger partial charge in [0.1, 0.15) is 12.2 Å². The van der Waals surface area contributed by atoms with Gasteiger partial charge in [0.05, 0.1) is 18.4 Å². The first-order valence-corrected chi connectivity index (χ1v) is 7.94. The second-order valence-electron chi connectivity index (χ2n) is 6.52. The number of unbranched alkanes of at least 4 members (excludes halogenated alkanes) is 1. The lowest BCUT2D eigenvalue weighted by Gasteiger charge is -2.34. The number of fused-ring (bicyclic) bond motifs is 2. The van der Waals surface area contributed by atoms with Crippen molar-refractivity contribution in [1.29, 1.82) is 0 Å². The third-order valence-corrected chi connectivity index (χ3v) is 4.49. The third kappa shape index (κ3) is 3.76. The van der Waals surface area contributed by atoms with Crippen molar-refractivity contribution < 1.29 is 23.8 Å². The summed E-state index contributed by atoms with van der Waals surface area (Å²) in [6.07, 6.45) is 3.45. The van der Waals surface area contributed by atoms with Crippen LogP contribution in [0.3, 0.4) is 0 Å². The van der Waals surface area contributed by atoms with Gasteiger partial charge in [-0.15, -0.1) is 0 Å². The second-order valence-corrected chi connectivity index (χ2v) is 6.52. The number of hydrogen-bond donors (Lipinski definition) is 0. The molecule has 120 valence electrons. The molecule has 1 aliphatic heterocycles. The van der Waals surface area contributed by atoms with E-state index in [1.807, 2.05) is 13.8 Å². The summed E-state index contributed by atoms with van der Waals surface area (Å²) >= 11 is 0. The Labute approximate surface area is 126 Å². The van der Waals surface area contributed by atoms with Crippen LogP contribution in [0.5, 0.6) is 0 Å². The maximum Gasteiger partial charge on any atom is 0.310 e. The molecule has 0 N–H and O–H groups in total. The predicted octanol–water partition coefficient (Wildman–Crippen LogP) is 2.32. The van der Waals surface area contributed by atoms with Crippen LogP contribution in [0.2, 0.25) is 0 Å². The fraction of sp³-hybridized carbons (Fsp3) is 0.875. The summed E-state index contributed by atoms with van der Waals surface area (Å²) in [5.41, 5.74) is -0.388. The molecule has 1 saturated heterocycles. The van der Waals surface area contributed by atoms with Crippen LogP contribution in [-0.2, 0) is 23.8 Å². The van der Waals surface area contributed by atoms with Gasteiger partial charge in [0.25, 0.3) is 0 Å². The van der Waals surface area contributed by atoms with Crippen LogP contribution in [0.15, 0.2) is 0 Å². The zero-order chi connectivity index (χ0) is 15.5. The molecule has 0 aromatic rings. The highest BCUT2D eigenvalue weighted by Gasteiger charge is 2.56. The maximum atomic E-state index is 12.2. The molecule has 2 rings (SSSR count). The van der Waals surface area contributed by atoms with Crippen molar-refractivity contribution in [3.05, 3.63) is 0 Å². The zero-order valence-corrected chi connectivity index (χ0v) is 13.2. The molecule has 2 fully saturated rings. The van der Waals surface area contributed by atoms with Gasteiger partial charge in [0.15, 0.2) is 0 Å². The molecule has 0 aromatic carbocycles. The Kier molecular flexibility index (Phi) is 5.25. The average Bonchev–Trinajstić information content (AvgIpc) is 2.64. The zero-order valence-electron chi connectivity index (χ0n) is 13.2. The van der Waals surface area contributed by atoms with Gasteiger partial charge in [-0.25, -0.2) is 0 Å². The molecule has 0 radical (unpaired) electrons. The highest BCUT2D eigenvalue weighted by molar-refractivity contribution is 5.84. The van der Waals surface area contributed by atoms with Crippen molar-refractivity contribution in [2.45, 2.75) is 52.1 Å². The van der Waals surface area contributed by atoms with Crippen molar-refractivity contribution >= 4 is 11.9 Å². The van der Waals surface area contributed by atoms with Crippen LogP contribution in [0, 0.1) is 17.8 Å². The monoisotopic (exact) mass is 298 g/mol. The van der Waals surface area contributed by atoms with Crippen molar-refractivity contribution in [3.63, 3.8) is 0 Å². The number of carbonyl (C=O) groups is 2. The average molecular weight is 298 g/mol. The van der Waals surface area contributed by atoms with Gasteiger partial charge in [-0.05, 0) is 25.7 Å². The van der Waals surface area contributed by atoms with E-state index in [4.69, 9.17) is 14.2 Å². The van der Waals surface area contributed by atoms with Crippen molar-refractivity contribution in [2.24, 2.45) is 17.8 Å². The highest BCUT2D eigenvalue weighted by atomic mass is 16.6. The van der Waals surface area contributed by atoms with E-state index in [0.717, 1.165) is 19.3 Å². The molecule has 4 atom stereocenters. The number of hydrogen-bond acceptors (Lipinski definition) is 5. The molecule has 2 bridgehead atoms. The smallest absolute Gasteiger partial charge is 0.310 e. The quantitative estimate of drug-likeness (QED) is 0.533. The largest absolute Gasteiger partial charge is 0.463 e. The predicted molar refractivity (Wildman–Crippen MR) is 76.6 cm³/mol. The van der Waals surface area contributed by atoms with Gasteiger partial charge >= 0.3 is 11.9 Å². The van der Waals surface area contributed by atoms with Gasteiger partial charge in [0, 0.05) is 13.0 Å². The Hall–Kier alpha value is -1.10. The molecule has 21 heavy (non-hydrogen) atoms. The van der Waals surface area contributed by atoms with E-state index < -0.39 is 0 Å². The number of ether oxygens (including phenoxy) is 3. The minimum Gasteiger partial charge on any atom is -0.463 e. The fourth-order valence-corrected chi connectivity index (χ4v) is 3.55. The summed E-state index contributed by atoms with van der Waals surface area (Å²) in [4.78, 5) is 24.2. The van der Waals surface area contributed by atoms with Gasteiger partial charge < -0.3 is 14.2 Å². The Bertz CT molecular complexity index is 394. The fourth-order valence-electron chi connectivity index (χ4n) is 3.55. The minimum atomic E-state index is -0.388. The summed E-state index contributed by atoms with van der Waals surface area (Å²) in [6, 6.07) is 0. The number of rotatable bonds is 7. The Morgan fingerprint density at radius 1 is 1.33 bits per heavy atom. The van der Waals surface area contributed by atoms with E-state index in [-0.39, 0.29) is 41.9 Å². The summed E-state index contributed by atoms with van der Waals surface area (Å²) in [6.45, 7) is 7.41. The summed E-state index contributed by atoms with van der Waals surface area (Å²) in [7, 11) is 0. The number of carbonyl (C=O) groups excluding carboxylic acids is 2. The highest BCUT2D eigenvalue weighted by Crippen LogP contribution is 2.48. The Morgan fingerprint density at radius 2 is 2.10 bits per heavy atom. The van der Waals surface area contributed by atoms with Crippen LogP contribution < -0.4 is 0 Å². The maximum absolute atomic E-state index is 12.2. The number of esters is 2. The molecule has 0 unspecified atom stereocenters. The first-order chi connectivity index (χ1) is 9.97. The van der Waals surface area contributed by atoms with E-state index in [1.54, 1.807) is 0 Å². The van der Waals surface area contributed by atoms with E-state index in [2.05, 4.69) is 6.92 Å². The van der Waals surface area contributed by atoms with Crippen molar-refractivity contribution in [2.75, 3.05) is 19.8 Å². The van der Waals surface area contributed by atoms with E-state index in [0.29, 0.717) is 19.6 Å². The van der Waals surface area contributed by atoms with E-state index in [1.165, 1.54) is 0 Å². The SMILES string of the molecule is CCCCOCCOC(=O)[C@H]1[C@H](C)C[C@]2(C)C[C@@H]1C(=O)O2. The lowest BCUT2D eigenvalue weighted by Crippen LogP contribution is -2.40. The molecular weight excluding hydrogens is 272 g/mol. The van der Waals surface area contributed by atoms with Crippen LogP contribution in [0.1, 0.15) is 46.5 Å². The molecule has 1 aliphatic carbocycles. The standard InChI is InChI=1S/C16H26O5/c1-4-5-6-19-7-8-20-15(18)13-11(2)9-16(3)10-12(13)14(17)21-16/h11-13H,4-10H2,1-3H3/t11-,12+,13+,16-/m1/s1. The summed E-state index contributed by atoms with van der Waals surface area (Å²) in [5.74, 6) is -1.14. The second kappa shape index (κ2) is 6.77. The van der Waals surface area contributed by atoms with Crippen LogP contribution in [0.4, 0.5) is 0 Å². The molecule has 1 heterocycles. The topological polar surface area (TPSA) is 61.8 Å². The van der Waals surface area contributed by atoms with Gasteiger partial charge in [-0.1, -0.05) is 20.3 Å². The Morgan fingerprint density at radius 3 is 2.81 bits per heavy atom. The van der Waals surface area contributed by atoms with Crippen LogP contribution in [0.25, 0.3) is 0 Å². The van der Waals surface area contributed by atoms with Gasteiger partial charge in [-0.2, -0.15) is 0 Å². The molecule has 5 heteroatoms. The first-order valence-electron chi connectivity index (χ1n) is 7.94. The lowest BCUT2D eigenvalue weighted by molar-refractivity contribution is -0.158. The third-order valence-electron chi connectivity index (χ3n) is 4.49. The van der Waals surface area contributed by atoms with Gasteiger partial charge in [0.2, 0.25) is 0 Å². The van der Waals surface area contributed by atoms with Crippen molar-refractivity contribution in [3.8, 4) is 0 Å². The summed E-state index contributed by atoms with van der Waals surface area (Å²) in [5, 5.41) is 0. The normalized spacial score (nSPS) is 34.6. The Balaban J connectivity index is 1.80. The molecule has 0 spiro atoms. The van der Waals surface area contributed by atoms with Crippen LogP contribution in [-0.4, -0.2) is 37.4 Å². The van der Waals surface area contributed by atoms with E-state index in [9.17, 15) is 9.59 Å². The van der Waals surface area contributed by atoms with Crippen LogP contribution >= 0.6 is 0 Å². The molecule has 0 aromatic heterocycles. The molecule has 2 aliphatic rings. The van der Waals surface area contributed by atoms with E-state index >= 15 is 0 Å². The molecule has 5 nitrogen and oxygen atoms in total. The lowest BCUT2D eigenvalue weighted by atomic mass is 9.69. The molecule has 1 saturated carbocycles. The summed E-state index contributed by atoms with van der Waals surface area (Å²) < 4.78 is 16.1. The molecule has 0 amide bonds. The van der Waals surface area contributed by atoms with Crippen molar-refractivity contribution in [1.82, 2.24) is 0 Å².